The number of aromatic amines is 1. The van der Waals surface area contributed by atoms with Crippen LogP contribution >= 0.6 is 0 Å². The first-order chi connectivity index (χ1) is 12.1. The summed E-state index contributed by atoms with van der Waals surface area (Å²) in [7, 11) is 1.96. The van der Waals surface area contributed by atoms with Crippen LogP contribution in [0.2, 0.25) is 0 Å². The molecule has 7 nitrogen and oxygen atoms in total. The molecule has 4 aromatic rings. The smallest absolute Gasteiger partial charge is 0.255 e. The molecule has 1 amide bonds. The summed E-state index contributed by atoms with van der Waals surface area (Å²) in [5.74, 6) is 1.43. The first-order valence-corrected chi connectivity index (χ1v) is 7.82. The molecule has 0 aliphatic carbocycles. The number of hydrogen-bond donors (Lipinski definition) is 2. The molecule has 0 unspecified atom stereocenters. The van der Waals surface area contributed by atoms with Gasteiger partial charge in [0.1, 0.15) is 12.2 Å². The number of benzene rings is 2. The van der Waals surface area contributed by atoms with Crippen molar-refractivity contribution in [1.82, 2.24) is 24.7 Å². The van der Waals surface area contributed by atoms with Gasteiger partial charge in [-0.1, -0.05) is 0 Å². The van der Waals surface area contributed by atoms with Crippen LogP contribution in [0.1, 0.15) is 16.2 Å². The molecule has 2 heterocycles. The summed E-state index contributed by atoms with van der Waals surface area (Å²) >= 11 is 0. The zero-order valence-corrected chi connectivity index (χ0v) is 13.8. The van der Waals surface area contributed by atoms with Crippen molar-refractivity contribution in [2.45, 2.75) is 6.92 Å². The van der Waals surface area contributed by atoms with Crippen LogP contribution in [0.5, 0.6) is 0 Å². The maximum Gasteiger partial charge on any atom is 0.255 e. The molecular formula is C18H16N6O. The van der Waals surface area contributed by atoms with Gasteiger partial charge in [0.25, 0.3) is 5.91 Å². The molecule has 0 saturated heterocycles. The number of nitrogens with one attached hydrogen (secondary N) is 2. The molecule has 2 aromatic carbocycles. The number of H-pyrrole nitrogens is 1. The molecule has 0 aliphatic rings. The number of nitrogens with zero attached hydrogens (tertiary/aromatic N) is 4. The number of imidazole rings is 1. The molecule has 0 spiro atoms. The van der Waals surface area contributed by atoms with Gasteiger partial charge in [0.15, 0.2) is 5.82 Å². The molecule has 4 rings (SSSR count). The highest BCUT2D eigenvalue weighted by molar-refractivity contribution is 6.06. The third kappa shape index (κ3) is 2.76. The van der Waals surface area contributed by atoms with Crippen LogP contribution in [0.4, 0.5) is 5.69 Å². The molecule has 0 fully saturated rings. The van der Waals surface area contributed by atoms with Crippen molar-refractivity contribution in [3.05, 3.63) is 60.2 Å². The number of hydrogen-bond acceptors (Lipinski definition) is 4. The summed E-state index contributed by atoms with van der Waals surface area (Å²) in [6.45, 7) is 1.94. The first kappa shape index (κ1) is 15.1. The van der Waals surface area contributed by atoms with E-state index in [9.17, 15) is 4.79 Å². The van der Waals surface area contributed by atoms with Crippen molar-refractivity contribution in [1.29, 1.82) is 0 Å². The van der Waals surface area contributed by atoms with E-state index in [4.69, 9.17) is 0 Å². The number of carbonyl (C=O) groups excluding carboxylic acids is 1. The Labute approximate surface area is 143 Å². The van der Waals surface area contributed by atoms with Gasteiger partial charge in [-0.25, -0.2) is 9.97 Å². The van der Waals surface area contributed by atoms with E-state index in [0.29, 0.717) is 17.1 Å². The number of amides is 1. The molecule has 2 N–H and O–H groups in total. The quantitative estimate of drug-likeness (QED) is 0.604. The number of fused-ring (bicyclic) bond motifs is 1. The highest BCUT2D eigenvalue weighted by atomic mass is 16.1. The molecule has 2 aromatic heterocycles. The van der Waals surface area contributed by atoms with Crippen molar-refractivity contribution in [3.8, 4) is 11.4 Å². The van der Waals surface area contributed by atoms with Gasteiger partial charge in [0, 0.05) is 23.9 Å². The minimum absolute atomic E-state index is 0.169. The molecule has 0 bridgehead atoms. The van der Waals surface area contributed by atoms with E-state index in [2.05, 4.69) is 25.5 Å². The van der Waals surface area contributed by atoms with E-state index in [1.165, 1.54) is 6.33 Å². The minimum atomic E-state index is -0.169. The lowest BCUT2D eigenvalue weighted by atomic mass is 10.1. The molecule has 0 radical (unpaired) electrons. The van der Waals surface area contributed by atoms with Gasteiger partial charge in [-0.2, -0.15) is 5.10 Å². The number of aryl methyl sites for hydroxylation is 2. The van der Waals surface area contributed by atoms with Crippen molar-refractivity contribution < 1.29 is 4.79 Å². The molecule has 0 atom stereocenters. The van der Waals surface area contributed by atoms with E-state index in [1.807, 2.05) is 54.9 Å². The van der Waals surface area contributed by atoms with E-state index in [1.54, 1.807) is 6.07 Å². The average Bonchev–Trinajstić information content (AvgIpc) is 3.24. The maximum absolute atomic E-state index is 12.5. The summed E-state index contributed by atoms with van der Waals surface area (Å²) in [5, 5.41) is 9.53. The summed E-state index contributed by atoms with van der Waals surface area (Å²) < 4.78 is 2.00. The van der Waals surface area contributed by atoms with E-state index >= 15 is 0 Å². The lowest BCUT2D eigenvalue weighted by Gasteiger charge is -2.06. The monoisotopic (exact) mass is 332 g/mol. The number of anilines is 1. The largest absolute Gasteiger partial charge is 0.331 e. The van der Waals surface area contributed by atoms with Crippen molar-refractivity contribution >= 4 is 22.6 Å². The molecule has 124 valence electrons. The van der Waals surface area contributed by atoms with Gasteiger partial charge in [-0.15, -0.1) is 0 Å². The van der Waals surface area contributed by atoms with Crippen LogP contribution in [0.3, 0.4) is 0 Å². The van der Waals surface area contributed by atoms with Gasteiger partial charge < -0.3 is 9.88 Å². The summed E-state index contributed by atoms with van der Waals surface area (Å²) in [5.41, 5.74) is 4.01. The third-order valence-corrected chi connectivity index (χ3v) is 4.20. The van der Waals surface area contributed by atoms with Gasteiger partial charge >= 0.3 is 0 Å². The van der Waals surface area contributed by atoms with Crippen LogP contribution < -0.4 is 5.32 Å². The highest BCUT2D eigenvalue weighted by Crippen LogP contribution is 2.20. The fourth-order valence-corrected chi connectivity index (χ4v) is 2.72. The second kappa shape index (κ2) is 5.86. The molecule has 25 heavy (non-hydrogen) atoms. The Hall–Kier alpha value is -3.48. The van der Waals surface area contributed by atoms with Crippen LogP contribution in [0, 0.1) is 6.92 Å². The van der Waals surface area contributed by atoms with Crippen LogP contribution in [-0.4, -0.2) is 30.6 Å². The Kier molecular flexibility index (Phi) is 3.53. The predicted molar refractivity (Wildman–Crippen MR) is 95.2 cm³/mol. The van der Waals surface area contributed by atoms with Crippen LogP contribution in [0.25, 0.3) is 22.4 Å². The Morgan fingerprint density at radius 3 is 2.68 bits per heavy atom. The number of rotatable bonds is 3. The number of carbonyl (C=O) groups is 1. The molecule has 0 aliphatic heterocycles. The standard InChI is InChI=1S/C18H16N6O/c1-11-21-15-9-13(5-8-16(15)24(11)2)18(25)22-14-6-3-12(4-7-14)17-19-10-20-23-17/h3-10H,1-2H3,(H,22,25)(H,19,20,23). The predicted octanol–water partition coefficient (Wildman–Crippen LogP) is 2.92. The van der Waals surface area contributed by atoms with Crippen molar-refractivity contribution in [2.24, 2.45) is 7.05 Å². The second-order valence-electron chi connectivity index (χ2n) is 5.79. The summed E-state index contributed by atoms with van der Waals surface area (Å²) in [6, 6.07) is 12.9. The van der Waals surface area contributed by atoms with Gasteiger partial charge in [-0.3, -0.25) is 9.89 Å². The fraction of sp³-hybridized carbons (Fsp3) is 0.111. The minimum Gasteiger partial charge on any atom is -0.331 e. The lowest BCUT2D eigenvalue weighted by molar-refractivity contribution is 0.102. The Bertz CT molecular complexity index is 1050. The molecule has 7 heteroatoms. The fourth-order valence-electron chi connectivity index (χ4n) is 2.72. The van der Waals surface area contributed by atoms with Crippen LogP contribution in [0.15, 0.2) is 48.8 Å². The second-order valence-corrected chi connectivity index (χ2v) is 5.79. The Morgan fingerprint density at radius 2 is 1.96 bits per heavy atom. The Morgan fingerprint density at radius 1 is 1.16 bits per heavy atom. The van der Waals surface area contributed by atoms with Crippen molar-refractivity contribution in [3.63, 3.8) is 0 Å². The normalized spacial score (nSPS) is 11.0. The van der Waals surface area contributed by atoms with Gasteiger partial charge in [-0.05, 0) is 49.4 Å². The zero-order chi connectivity index (χ0) is 17.4. The molecule has 0 saturated carbocycles. The van der Waals surface area contributed by atoms with Gasteiger partial charge in [0.2, 0.25) is 0 Å². The average molecular weight is 332 g/mol. The summed E-state index contributed by atoms with van der Waals surface area (Å²) in [4.78, 5) is 21.1. The zero-order valence-electron chi connectivity index (χ0n) is 13.8. The van der Waals surface area contributed by atoms with Gasteiger partial charge in [0.05, 0.1) is 11.0 Å². The van der Waals surface area contributed by atoms with Crippen molar-refractivity contribution in [2.75, 3.05) is 5.32 Å². The summed E-state index contributed by atoms with van der Waals surface area (Å²) in [6.07, 6.45) is 1.46. The lowest BCUT2D eigenvalue weighted by Crippen LogP contribution is -2.11. The van der Waals surface area contributed by atoms with Crippen LogP contribution in [-0.2, 0) is 7.05 Å². The maximum atomic E-state index is 12.5. The molecular weight excluding hydrogens is 316 g/mol. The topological polar surface area (TPSA) is 88.5 Å². The van der Waals surface area contributed by atoms with E-state index < -0.39 is 0 Å². The number of aromatic nitrogens is 5. The van der Waals surface area contributed by atoms with E-state index in [-0.39, 0.29) is 5.91 Å². The Balaban J connectivity index is 1.55. The van der Waals surface area contributed by atoms with E-state index in [0.717, 1.165) is 22.4 Å². The SMILES string of the molecule is Cc1nc2cc(C(=O)Nc3ccc(-c4ncn[nH]4)cc3)ccc2n1C. The highest BCUT2D eigenvalue weighted by Gasteiger charge is 2.10. The third-order valence-electron chi connectivity index (χ3n) is 4.20. The first-order valence-electron chi connectivity index (χ1n) is 7.82.